The summed E-state index contributed by atoms with van der Waals surface area (Å²) in [6.45, 7) is 0. The summed E-state index contributed by atoms with van der Waals surface area (Å²) >= 11 is 3.42. The third kappa shape index (κ3) is 1.82. The van der Waals surface area contributed by atoms with Gasteiger partial charge in [0, 0.05) is 16.2 Å². The fourth-order valence-corrected chi connectivity index (χ4v) is 2.25. The quantitative estimate of drug-likeness (QED) is 0.752. The molecule has 2 aliphatic heterocycles. The van der Waals surface area contributed by atoms with Crippen molar-refractivity contribution in [3.8, 4) is 22.5 Å². The average Bonchev–Trinajstić information content (AvgIpc) is 2.39. The molecule has 0 atom stereocenters. The number of aromatic amines is 1. The molecular formula is C13H8BrN3O. The molecule has 0 bridgehead atoms. The Labute approximate surface area is 111 Å². The van der Waals surface area contributed by atoms with Crippen LogP contribution in [0.5, 0.6) is 0 Å². The Balaban J connectivity index is 2.32. The highest BCUT2D eigenvalue weighted by Crippen LogP contribution is 2.28. The summed E-state index contributed by atoms with van der Waals surface area (Å²) in [6, 6.07) is 11.2. The van der Waals surface area contributed by atoms with Gasteiger partial charge >= 0.3 is 0 Å². The van der Waals surface area contributed by atoms with E-state index >= 15 is 0 Å². The topological polar surface area (TPSA) is 58.6 Å². The molecule has 0 radical (unpaired) electrons. The smallest absolute Gasteiger partial charge is 0.297 e. The molecule has 1 N–H and O–H groups in total. The van der Waals surface area contributed by atoms with Crippen molar-refractivity contribution in [3.63, 3.8) is 0 Å². The number of halogens is 1. The van der Waals surface area contributed by atoms with Gasteiger partial charge in [-0.2, -0.15) is 0 Å². The minimum atomic E-state index is -0.319. The predicted molar refractivity (Wildman–Crippen MR) is 72.4 cm³/mol. The van der Waals surface area contributed by atoms with Crippen LogP contribution in [0.25, 0.3) is 22.5 Å². The van der Waals surface area contributed by atoms with Gasteiger partial charge in [-0.25, -0.2) is 0 Å². The zero-order valence-corrected chi connectivity index (χ0v) is 10.8. The van der Waals surface area contributed by atoms with Gasteiger partial charge in [0.1, 0.15) is 5.69 Å². The summed E-state index contributed by atoms with van der Waals surface area (Å²) in [5.74, 6) is 0. The zero-order chi connectivity index (χ0) is 12.5. The van der Waals surface area contributed by atoms with Crippen molar-refractivity contribution >= 4 is 15.9 Å². The third-order valence-electron chi connectivity index (χ3n) is 2.66. The van der Waals surface area contributed by atoms with Gasteiger partial charge in [0.2, 0.25) is 0 Å². The van der Waals surface area contributed by atoms with E-state index in [1.807, 2.05) is 24.3 Å². The van der Waals surface area contributed by atoms with Gasteiger partial charge in [0.25, 0.3) is 5.56 Å². The standard InChI is InChI=1S/C13H8BrN3O/c14-9-4-1-3-8(7-9)11-12-10(5-2-6-15-12)13(18)17-16-11/h1-7,15H. The van der Waals surface area contributed by atoms with Crippen molar-refractivity contribution in [3.05, 3.63) is 57.4 Å². The van der Waals surface area contributed by atoms with Gasteiger partial charge in [0.15, 0.2) is 0 Å². The molecule has 1 aromatic rings. The van der Waals surface area contributed by atoms with Crippen LogP contribution in [0.3, 0.4) is 0 Å². The minimum Gasteiger partial charge on any atom is -0.359 e. The number of fused-ring (bicyclic) bond motifs is 1. The number of hydrogen-bond acceptors (Lipinski definition) is 3. The van der Waals surface area contributed by atoms with E-state index in [-0.39, 0.29) is 5.56 Å². The lowest BCUT2D eigenvalue weighted by Gasteiger charge is -2.08. The Morgan fingerprint density at radius 2 is 2.00 bits per heavy atom. The fraction of sp³-hybridized carbons (Fsp3) is 0. The maximum Gasteiger partial charge on any atom is 0.297 e. The minimum absolute atomic E-state index is 0.319. The lowest BCUT2D eigenvalue weighted by molar-refractivity contribution is 0.985. The first kappa shape index (κ1) is 11.1. The van der Waals surface area contributed by atoms with E-state index < -0.39 is 0 Å². The SMILES string of the molecule is O=c1nnc(-c2cccc(Br)c2)c2[nH]cccc1-2. The van der Waals surface area contributed by atoms with Crippen LogP contribution in [0.2, 0.25) is 0 Å². The number of nitrogens with one attached hydrogen (secondary N) is 1. The number of H-pyrrole nitrogens is 1. The van der Waals surface area contributed by atoms with E-state index in [1.165, 1.54) is 0 Å². The number of pyridine rings is 1. The second-order valence-corrected chi connectivity index (χ2v) is 4.74. The van der Waals surface area contributed by atoms with Gasteiger partial charge in [-0.15, -0.1) is 10.2 Å². The molecule has 2 aliphatic rings. The Morgan fingerprint density at radius 1 is 1.11 bits per heavy atom. The van der Waals surface area contributed by atoms with Crippen molar-refractivity contribution in [2.75, 3.05) is 0 Å². The van der Waals surface area contributed by atoms with Gasteiger partial charge < -0.3 is 4.98 Å². The molecule has 0 unspecified atom stereocenters. The first-order valence-corrected chi connectivity index (χ1v) is 6.15. The molecule has 0 amide bonds. The molecule has 0 spiro atoms. The van der Waals surface area contributed by atoms with E-state index in [9.17, 15) is 4.79 Å². The molecule has 5 heteroatoms. The summed E-state index contributed by atoms with van der Waals surface area (Å²) in [5.41, 5.74) is 2.51. The molecule has 88 valence electrons. The van der Waals surface area contributed by atoms with E-state index in [4.69, 9.17) is 0 Å². The van der Waals surface area contributed by atoms with E-state index in [1.54, 1.807) is 18.3 Å². The Bertz CT molecular complexity index is 738. The van der Waals surface area contributed by atoms with Gasteiger partial charge in [-0.1, -0.05) is 28.1 Å². The summed E-state index contributed by atoms with van der Waals surface area (Å²) in [6.07, 6.45) is 1.77. The fourth-order valence-electron chi connectivity index (χ4n) is 1.85. The summed E-state index contributed by atoms with van der Waals surface area (Å²) in [7, 11) is 0. The molecule has 0 aromatic heterocycles. The highest BCUT2D eigenvalue weighted by molar-refractivity contribution is 9.10. The lowest BCUT2D eigenvalue weighted by Crippen LogP contribution is -2.14. The molecule has 0 fully saturated rings. The second-order valence-electron chi connectivity index (χ2n) is 3.82. The molecule has 0 saturated carbocycles. The van der Waals surface area contributed by atoms with Crippen LogP contribution < -0.4 is 5.56 Å². The van der Waals surface area contributed by atoms with Crippen LogP contribution in [0.15, 0.2) is 51.9 Å². The number of benzene rings is 1. The predicted octanol–water partition coefficient (Wildman–Crippen LogP) is 2.70. The van der Waals surface area contributed by atoms with Gasteiger partial charge in [-0.05, 0) is 24.3 Å². The van der Waals surface area contributed by atoms with Crippen LogP contribution in [0.1, 0.15) is 0 Å². The summed E-state index contributed by atoms with van der Waals surface area (Å²) < 4.78 is 0.956. The van der Waals surface area contributed by atoms with Crippen LogP contribution in [-0.4, -0.2) is 15.2 Å². The first-order chi connectivity index (χ1) is 8.75. The highest BCUT2D eigenvalue weighted by Gasteiger charge is 2.15. The Hall–Kier alpha value is -2.01. The van der Waals surface area contributed by atoms with E-state index in [0.717, 1.165) is 10.0 Å². The molecule has 0 saturated heterocycles. The largest absolute Gasteiger partial charge is 0.359 e. The molecule has 4 nitrogen and oxygen atoms in total. The van der Waals surface area contributed by atoms with Gasteiger partial charge in [-0.3, -0.25) is 4.79 Å². The monoisotopic (exact) mass is 301 g/mol. The van der Waals surface area contributed by atoms with Crippen molar-refractivity contribution in [2.24, 2.45) is 0 Å². The number of nitrogens with zero attached hydrogens (tertiary/aromatic N) is 2. The summed E-state index contributed by atoms with van der Waals surface area (Å²) in [5, 5.41) is 7.68. The molecule has 0 aliphatic carbocycles. The molecular weight excluding hydrogens is 294 g/mol. The number of hydrogen-bond donors (Lipinski definition) is 1. The maximum atomic E-state index is 11.6. The molecule has 1 aromatic carbocycles. The van der Waals surface area contributed by atoms with E-state index in [0.29, 0.717) is 17.0 Å². The number of rotatable bonds is 1. The van der Waals surface area contributed by atoms with Crippen LogP contribution in [0.4, 0.5) is 0 Å². The zero-order valence-electron chi connectivity index (χ0n) is 9.22. The summed E-state index contributed by atoms with van der Waals surface area (Å²) in [4.78, 5) is 14.7. The van der Waals surface area contributed by atoms with Crippen molar-refractivity contribution in [1.82, 2.24) is 15.2 Å². The average molecular weight is 302 g/mol. The Kier molecular flexibility index (Phi) is 2.68. The van der Waals surface area contributed by atoms with Crippen LogP contribution in [-0.2, 0) is 0 Å². The van der Waals surface area contributed by atoms with Gasteiger partial charge in [0.05, 0.1) is 11.3 Å². The molecule has 18 heavy (non-hydrogen) atoms. The van der Waals surface area contributed by atoms with E-state index in [2.05, 4.69) is 31.1 Å². The van der Waals surface area contributed by atoms with Crippen LogP contribution >= 0.6 is 15.9 Å². The molecule has 2 heterocycles. The maximum absolute atomic E-state index is 11.6. The van der Waals surface area contributed by atoms with Crippen LogP contribution in [0, 0.1) is 0 Å². The normalized spacial score (nSPS) is 10.7. The first-order valence-electron chi connectivity index (χ1n) is 5.36. The van der Waals surface area contributed by atoms with Crippen molar-refractivity contribution < 1.29 is 0 Å². The number of aromatic nitrogens is 3. The third-order valence-corrected chi connectivity index (χ3v) is 3.16. The molecule has 3 rings (SSSR count). The Morgan fingerprint density at radius 3 is 2.83 bits per heavy atom. The lowest BCUT2D eigenvalue weighted by atomic mass is 10.1. The second kappa shape index (κ2) is 4.34. The highest BCUT2D eigenvalue weighted by atomic mass is 79.9. The van der Waals surface area contributed by atoms with Crippen molar-refractivity contribution in [2.45, 2.75) is 0 Å². The van der Waals surface area contributed by atoms with Crippen molar-refractivity contribution in [1.29, 1.82) is 0 Å².